The van der Waals surface area contributed by atoms with Crippen LogP contribution in [-0.2, 0) is 26.2 Å². The molecular weight excluding hydrogens is 696 g/mol. The monoisotopic (exact) mass is 736 g/mol. The van der Waals surface area contributed by atoms with Crippen molar-refractivity contribution in [2.75, 3.05) is 23.8 Å². The van der Waals surface area contributed by atoms with Crippen molar-refractivity contribution in [3.05, 3.63) is 82.6 Å². The average molecular weight is 737 g/mol. The average Bonchev–Trinajstić information content (AvgIpc) is 3.90. The molecule has 0 aliphatic heterocycles. The SMILES string of the molecule is CCn1nc(C)cc1C(=O)Nc1nc2cc(C(N)=O)cnc2n1C/C=C/Cn1c(NC(=O)c2cc(C)nn2CC)nc2cc(C(N)=O)cc(OCCN)c21. The van der Waals surface area contributed by atoms with Crippen molar-refractivity contribution in [1.29, 1.82) is 0 Å². The summed E-state index contributed by atoms with van der Waals surface area (Å²) in [7, 11) is 0. The van der Waals surface area contributed by atoms with Gasteiger partial charge in [-0.25, -0.2) is 15.0 Å². The molecule has 5 aromatic heterocycles. The Hall–Kier alpha value is -6.89. The molecular formula is C35H40N14O5. The van der Waals surface area contributed by atoms with Gasteiger partial charge in [0.2, 0.25) is 23.7 Å². The van der Waals surface area contributed by atoms with Gasteiger partial charge in [-0.05, 0) is 58.0 Å². The number of nitrogens with zero attached hydrogens (tertiary/aromatic N) is 9. The van der Waals surface area contributed by atoms with Crippen molar-refractivity contribution in [3.63, 3.8) is 0 Å². The van der Waals surface area contributed by atoms with Crippen LogP contribution in [0.3, 0.4) is 0 Å². The van der Waals surface area contributed by atoms with E-state index in [4.69, 9.17) is 21.9 Å². The maximum atomic E-state index is 13.6. The molecule has 8 N–H and O–H groups in total. The van der Waals surface area contributed by atoms with E-state index in [1.54, 1.807) is 44.5 Å². The van der Waals surface area contributed by atoms with Crippen LogP contribution < -0.4 is 32.6 Å². The summed E-state index contributed by atoms with van der Waals surface area (Å²) in [4.78, 5) is 64.8. The number of hydrogen-bond acceptors (Lipinski definition) is 11. The fourth-order valence-corrected chi connectivity index (χ4v) is 5.97. The lowest BCUT2D eigenvalue weighted by atomic mass is 10.1. The Morgan fingerprint density at radius 3 is 1.85 bits per heavy atom. The minimum atomic E-state index is -0.682. The fraction of sp³-hybridized carbons (Fsp3) is 0.286. The third kappa shape index (κ3) is 7.37. The molecule has 1 aromatic carbocycles. The van der Waals surface area contributed by atoms with E-state index in [1.807, 2.05) is 26.0 Å². The van der Waals surface area contributed by atoms with Crippen LogP contribution in [0.15, 0.2) is 48.7 Å². The smallest absolute Gasteiger partial charge is 0.276 e. The van der Waals surface area contributed by atoms with Gasteiger partial charge in [0.05, 0.1) is 22.5 Å². The number of aryl methyl sites for hydroxylation is 4. The minimum absolute atomic E-state index is 0.139. The second kappa shape index (κ2) is 15.4. The number of fused-ring (bicyclic) bond motifs is 2. The van der Waals surface area contributed by atoms with Crippen molar-refractivity contribution < 1.29 is 23.9 Å². The summed E-state index contributed by atoms with van der Waals surface area (Å²) >= 11 is 0. The van der Waals surface area contributed by atoms with E-state index in [1.165, 1.54) is 24.4 Å². The normalized spacial score (nSPS) is 11.5. The van der Waals surface area contributed by atoms with Gasteiger partial charge < -0.3 is 26.5 Å². The number of carbonyl (C=O) groups is 4. The lowest BCUT2D eigenvalue weighted by Gasteiger charge is -2.12. The molecule has 0 aliphatic carbocycles. The number of ether oxygens (including phenoxy) is 1. The molecule has 280 valence electrons. The van der Waals surface area contributed by atoms with E-state index in [0.29, 0.717) is 63.8 Å². The molecule has 0 spiro atoms. The lowest BCUT2D eigenvalue weighted by molar-refractivity contribution is 0.0991. The minimum Gasteiger partial charge on any atom is -0.490 e. The first-order valence-corrected chi connectivity index (χ1v) is 17.1. The van der Waals surface area contributed by atoms with Crippen LogP contribution in [0.25, 0.3) is 22.2 Å². The molecule has 0 atom stereocenters. The first kappa shape index (κ1) is 36.9. The van der Waals surface area contributed by atoms with E-state index in [-0.39, 0.29) is 49.3 Å². The van der Waals surface area contributed by atoms with Crippen molar-refractivity contribution >= 4 is 57.7 Å². The first-order valence-electron chi connectivity index (χ1n) is 17.1. The highest BCUT2D eigenvalue weighted by atomic mass is 16.5. The van der Waals surface area contributed by atoms with Crippen molar-refractivity contribution in [1.82, 2.24) is 43.6 Å². The van der Waals surface area contributed by atoms with Crippen LogP contribution in [-0.4, -0.2) is 80.4 Å². The highest BCUT2D eigenvalue weighted by Crippen LogP contribution is 2.31. The molecule has 0 fully saturated rings. The quantitative estimate of drug-likeness (QED) is 0.0954. The number of hydrogen-bond donors (Lipinski definition) is 5. The molecule has 19 nitrogen and oxygen atoms in total. The van der Waals surface area contributed by atoms with Crippen molar-refractivity contribution in [2.24, 2.45) is 17.2 Å². The number of allylic oxidation sites excluding steroid dienone is 2. The van der Waals surface area contributed by atoms with Crippen LogP contribution in [0.2, 0.25) is 0 Å². The van der Waals surface area contributed by atoms with Crippen LogP contribution in [0.1, 0.15) is 66.9 Å². The molecule has 0 aliphatic rings. The van der Waals surface area contributed by atoms with Crippen LogP contribution in [0.5, 0.6) is 5.75 Å². The van der Waals surface area contributed by atoms with Gasteiger partial charge in [0.25, 0.3) is 11.8 Å². The Bertz CT molecular complexity index is 2450. The third-order valence-corrected chi connectivity index (χ3v) is 8.40. The molecule has 6 rings (SSSR count). The molecule has 0 unspecified atom stereocenters. The van der Waals surface area contributed by atoms with Gasteiger partial charge in [0.1, 0.15) is 34.8 Å². The molecule has 0 radical (unpaired) electrons. The number of imidazole rings is 2. The summed E-state index contributed by atoms with van der Waals surface area (Å²) in [5.74, 6) is -1.58. The predicted molar refractivity (Wildman–Crippen MR) is 199 cm³/mol. The van der Waals surface area contributed by atoms with Gasteiger partial charge >= 0.3 is 0 Å². The van der Waals surface area contributed by atoms with Crippen molar-refractivity contribution in [2.45, 2.75) is 53.9 Å². The number of carbonyl (C=O) groups excluding carboxylic acids is 4. The van der Waals surface area contributed by atoms with E-state index in [0.717, 1.165) is 0 Å². The number of nitrogens with one attached hydrogen (secondary N) is 2. The Balaban J connectivity index is 1.37. The largest absolute Gasteiger partial charge is 0.490 e. The zero-order valence-corrected chi connectivity index (χ0v) is 30.2. The highest BCUT2D eigenvalue weighted by molar-refractivity contribution is 6.05. The number of aromatic nitrogens is 9. The predicted octanol–water partition coefficient (Wildman–Crippen LogP) is 2.13. The molecule has 4 amide bonds. The Morgan fingerprint density at radius 2 is 1.30 bits per heavy atom. The number of rotatable bonds is 15. The van der Waals surface area contributed by atoms with Crippen molar-refractivity contribution in [3.8, 4) is 5.75 Å². The Labute approximate surface area is 308 Å². The summed E-state index contributed by atoms with van der Waals surface area (Å²) < 4.78 is 12.5. The number of benzene rings is 1. The second-order valence-corrected chi connectivity index (χ2v) is 12.2. The molecule has 54 heavy (non-hydrogen) atoms. The second-order valence-electron chi connectivity index (χ2n) is 12.2. The van der Waals surface area contributed by atoms with Gasteiger partial charge in [-0.1, -0.05) is 12.2 Å². The van der Waals surface area contributed by atoms with Gasteiger partial charge in [0, 0.05) is 44.5 Å². The maximum absolute atomic E-state index is 13.6. The highest BCUT2D eigenvalue weighted by Gasteiger charge is 2.23. The summed E-state index contributed by atoms with van der Waals surface area (Å²) in [6, 6.07) is 7.89. The van der Waals surface area contributed by atoms with Gasteiger partial charge in [-0.3, -0.25) is 43.7 Å². The molecule has 0 saturated heterocycles. The summed E-state index contributed by atoms with van der Waals surface area (Å²) in [6.45, 7) is 8.98. The fourth-order valence-electron chi connectivity index (χ4n) is 5.97. The molecule has 19 heteroatoms. The standard InChI is InChI=1S/C35H40N14O5/c1-5-48-25(13-19(3)44-48)32(52)42-34-40-23-15-21(29(37)50)17-27(54-12-9-36)28(23)46(34)10-7-8-11-47-31-24(16-22(18-39-31)30(38)51)41-35(47)43-33(53)26-14-20(4)45-49(26)6-2/h7-8,13-18H,5-6,9-12,36H2,1-4H3,(H2,37,50)(H2,38,51)(H,40,42,52)(H,41,43,53)/b8-7+. The van der Waals surface area contributed by atoms with Gasteiger partial charge in [-0.15, -0.1) is 0 Å². The van der Waals surface area contributed by atoms with Crippen LogP contribution in [0, 0.1) is 13.8 Å². The van der Waals surface area contributed by atoms with Gasteiger partial charge in [0.15, 0.2) is 5.65 Å². The molecule has 5 heterocycles. The van der Waals surface area contributed by atoms with Crippen LogP contribution in [0.4, 0.5) is 11.9 Å². The number of amides is 4. The molecule has 6 aromatic rings. The topological polar surface area (TPSA) is 264 Å². The zero-order chi connectivity index (χ0) is 38.7. The zero-order valence-electron chi connectivity index (χ0n) is 30.2. The van der Waals surface area contributed by atoms with Gasteiger partial charge in [-0.2, -0.15) is 10.2 Å². The van der Waals surface area contributed by atoms with E-state index in [9.17, 15) is 19.2 Å². The number of pyridine rings is 1. The Kier molecular flexibility index (Phi) is 10.5. The Morgan fingerprint density at radius 1 is 0.759 bits per heavy atom. The third-order valence-electron chi connectivity index (χ3n) is 8.40. The summed E-state index contributed by atoms with van der Waals surface area (Å²) in [5, 5.41) is 14.5. The van der Waals surface area contributed by atoms with E-state index >= 15 is 0 Å². The number of anilines is 2. The number of primary amides is 2. The number of nitrogens with two attached hydrogens (primary N) is 3. The summed E-state index contributed by atoms with van der Waals surface area (Å²) in [5.41, 5.74) is 20.8. The molecule has 0 bridgehead atoms. The van der Waals surface area contributed by atoms with Crippen LogP contribution >= 0.6 is 0 Å². The lowest BCUT2D eigenvalue weighted by Crippen LogP contribution is -2.20. The summed E-state index contributed by atoms with van der Waals surface area (Å²) in [6.07, 6.45) is 4.97. The maximum Gasteiger partial charge on any atom is 0.276 e. The first-order chi connectivity index (χ1) is 25.9. The van der Waals surface area contributed by atoms with E-state index in [2.05, 4.69) is 35.8 Å². The molecule has 0 saturated carbocycles. The van der Waals surface area contributed by atoms with E-state index < -0.39 is 23.6 Å².